The van der Waals surface area contributed by atoms with Gasteiger partial charge in [0.1, 0.15) is 0 Å². The van der Waals surface area contributed by atoms with E-state index in [0.717, 1.165) is 6.07 Å². The molecule has 0 unspecified atom stereocenters. The Kier molecular flexibility index (Phi) is 2.69. The fourth-order valence-electron chi connectivity index (χ4n) is 0.887. The second kappa shape index (κ2) is 3.61. The third kappa shape index (κ3) is 2.42. The van der Waals surface area contributed by atoms with E-state index in [2.05, 4.69) is 17.4 Å². The van der Waals surface area contributed by atoms with E-state index in [1.807, 2.05) is 0 Å². The molecule has 0 aliphatic rings. The first-order valence-corrected chi connectivity index (χ1v) is 3.55. The summed E-state index contributed by atoms with van der Waals surface area (Å²) in [6.45, 7) is 3.18. The molecule has 0 saturated carbocycles. The Hall–Kier alpha value is -1.65. The molecule has 0 saturated heterocycles. The number of benzene rings is 1. The lowest BCUT2D eigenvalue weighted by atomic mass is 10.2. The Balaban J connectivity index is 3.11. The van der Waals surface area contributed by atoms with Gasteiger partial charge in [0.2, 0.25) is 0 Å². The lowest BCUT2D eigenvalue weighted by Crippen LogP contribution is -2.17. The van der Waals surface area contributed by atoms with Gasteiger partial charge in [-0.05, 0) is 12.1 Å². The average Bonchev–Trinajstić information content (AvgIpc) is 2.06. The third-order valence-corrected chi connectivity index (χ3v) is 1.40. The van der Waals surface area contributed by atoms with E-state index in [1.165, 1.54) is 12.1 Å². The molecule has 1 rings (SSSR count). The molecule has 75 valence electrons. The maximum Gasteiger partial charge on any atom is 0.573 e. The van der Waals surface area contributed by atoms with E-state index in [9.17, 15) is 13.2 Å². The standard InChI is InChI=1S/C9H6F3O2/c1-2-6-4-3-5-7(13)8(6)14-9(10,11)12/h3-5,13H,1H2. The van der Waals surface area contributed by atoms with Crippen molar-refractivity contribution in [2.45, 2.75) is 6.36 Å². The summed E-state index contributed by atoms with van der Waals surface area (Å²) in [5.74, 6) is -1.29. The maximum absolute atomic E-state index is 11.9. The van der Waals surface area contributed by atoms with Gasteiger partial charge in [-0.15, -0.1) is 13.2 Å². The smallest absolute Gasteiger partial charge is 0.504 e. The predicted octanol–water partition coefficient (Wildman–Crippen LogP) is 2.63. The predicted molar refractivity (Wildman–Crippen MR) is 42.8 cm³/mol. The number of hydrogen-bond acceptors (Lipinski definition) is 2. The van der Waals surface area contributed by atoms with Crippen LogP contribution in [0.25, 0.3) is 0 Å². The monoisotopic (exact) mass is 203 g/mol. The van der Waals surface area contributed by atoms with E-state index < -0.39 is 17.9 Å². The summed E-state index contributed by atoms with van der Waals surface area (Å²) < 4.78 is 39.2. The number of phenols is 1. The zero-order valence-corrected chi connectivity index (χ0v) is 6.93. The maximum atomic E-state index is 11.9. The van der Waals surface area contributed by atoms with Crippen LogP contribution in [0.15, 0.2) is 24.8 Å². The molecule has 0 aromatic heterocycles. The average molecular weight is 203 g/mol. The first-order valence-electron chi connectivity index (χ1n) is 3.55. The number of alkyl halides is 3. The summed E-state index contributed by atoms with van der Waals surface area (Å²) >= 11 is 0. The van der Waals surface area contributed by atoms with Crippen molar-refractivity contribution < 1.29 is 23.0 Å². The molecule has 1 aromatic rings. The molecule has 1 radical (unpaired) electrons. The quantitative estimate of drug-likeness (QED) is 0.800. The summed E-state index contributed by atoms with van der Waals surface area (Å²) in [5.41, 5.74) is -0.0395. The lowest BCUT2D eigenvalue weighted by Gasteiger charge is -2.12. The van der Waals surface area contributed by atoms with Crippen LogP contribution >= 0.6 is 0 Å². The fraction of sp³-hybridized carbons (Fsp3) is 0.111. The molecular weight excluding hydrogens is 197 g/mol. The second-order valence-corrected chi connectivity index (χ2v) is 2.38. The zero-order valence-electron chi connectivity index (χ0n) is 6.93. The largest absolute Gasteiger partial charge is 0.573 e. The van der Waals surface area contributed by atoms with Gasteiger partial charge in [0.15, 0.2) is 11.5 Å². The van der Waals surface area contributed by atoms with Crippen molar-refractivity contribution in [2.24, 2.45) is 0 Å². The molecule has 2 nitrogen and oxygen atoms in total. The Morgan fingerprint density at radius 1 is 1.36 bits per heavy atom. The number of para-hydroxylation sites is 1. The van der Waals surface area contributed by atoms with Crippen LogP contribution in [0.3, 0.4) is 0 Å². The van der Waals surface area contributed by atoms with Gasteiger partial charge in [0, 0.05) is 5.56 Å². The van der Waals surface area contributed by atoms with Gasteiger partial charge in [0.25, 0.3) is 0 Å². The van der Waals surface area contributed by atoms with Crippen LogP contribution in [0, 0.1) is 6.08 Å². The van der Waals surface area contributed by atoms with Gasteiger partial charge in [0.05, 0.1) is 0 Å². The highest BCUT2D eigenvalue weighted by molar-refractivity contribution is 5.48. The molecular formula is C9H6F3O2. The Morgan fingerprint density at radius 2 is 2.00 bits per heavy atom. The minimum Gasteiger partial charge on any atom is -0.504 e. The topological polar surface area (TPSA) is 29.5 Å². The third-order valence-electron chi connectivity index (χ3n) is 1.40. The fourth-order valence-corrected chi connectivity index (χ4v) is 0.887. The number of aromatic hydroxyl groups is 1. The van der Waals surface area contributed by atoms with Crippen molar-refractivity contribution in [2.75, 3.05) is 0 Å². The van der Waals surface area contributed by atoms with Crippen LogP contribution in [0.1, 0.15) is 5.56 Å². The molecule has 1 N–H and O–H groups in total. The first kappa shape index (κ1) is 10.4. The summed E-state index contributed by atoms with van der Waals surface area (Å²) in [4.78, 5) is 0. The van der Waals surface area contributed by atoms with Crippen LogP contribution in [0.5, 0.6) is 11.5 Å². The molecule has 0 heterocycles. The van der Waals surface area contributed by atoms with Gasteiger partial charge >= 0.3 is 6.36 Å². The Bertz CT molecular complexity index is 344. The molecule has 0 atom stereocenters. The highest BCUT2D eigenvalue weighted by atomic mass is 19.4. The van der Waals surface area contributed by atoms with E-state index in [1.54, 1.807) is 0 Å². The van der Waals surface area contributed by atoms with Crippen LogP contribution in [0.2, 0.25) is 0 Å². The van der Waals surface area contributed by atoms with E-state index in [0.29, 0.717) is 0 Å². The number of rotatable bonds is 2. The zero-order chi connectivity index (χ0) is 10.8. The van der Waals surface area contributed by atoms with Crippen molar-refractivity contribution in [3.8, 4) is 11.5 Å². The van der Waals surface area contributed by atoms with Crippen LogP contribution in [-0.2, 0) is 0 Å². The molecule has 0 aliphatic heterocycles. The molecule has 14 heavy (non-hydrogen) atoms. The summed E-state index contributed by atoms with van der Waals surface area (Å²) in [5, 5.41) is 9.09. The minimum absolute atomic E-state index is 0.0395. The van der Waals surface area contributed by atoms with E-state index in [4.69, 9.17) is 5.11 Å². The van der Waals surface area contributed by atoms with Crippen molar-refractivity contribution in [1.29, 1.82) is 0 Å². The van der Waals surface area contributed by atoms with Gasteiger partial charge < -0.3 is 9.84 Å². The van der Waals surface area contributed by atoms with Gasteiger partial charge in [-0.1, -0.05) is 18.7 Å². The van der Waals surface area contributed by atoms with Crippen LogP contribution < -0.4 is 4.74 Å². The normalized spacial score (nSPS) is 11.1. The summed E-state index contributed by atoms with van der Waals surface area (Å²) in [7, 11) is 0. The summed E-state index contributed by atoms with van der Waals surface area (Å²) in [6.07, 6.45) is -2.62. The van der Waals surface area contributed by atoms with Crippen molar-refractivity contribution in [3.63, 3.8) is 0 Å². The lowest BCUT2D eigenvalue weighted by molar-refractivity contribution is -0.275. The molecule has 0 bridgehead atoms. The van der Waals surface area contributed by atoms with Crippen molar-refractivity contribution in [3.05, 3.63) is 36.4 Å². The molecule has 0 aliphatic carbocycles. The van der Waals surface area contributed by atoms with Crippen LogP contribution in [0.4, 0.5) is 13.2 Å². The highest BCUT2D eigenvalue weighted by Crippen LogP contribution is 2.34. The van der Waals surface area contributed by atoms with Crippen molar-refractivity contribution >= 4 is 0 Å². The Morgan fingerprint density at radius 3 is 2.50 bits per heavy atom. The molecule has 1 aromatic carbocycles. The molecule has 0 fully saturated rings. The highest BCUT2D eigenvalue weighted by Gasteiger charge is 2.33. The number of halogens is 3. The molecule has 5 heteroatoms. The minimum atomic E-state index is -4.84. The Labute approximate surface area is 78.2 Å². The van der Waals surface area contributed by atoms with E-state index >= 15 is 0 Å². The molecule has 0 amide bonds. The SMILES string of the molecule is C=[C]c1cccc(O)c1OC(F)(F)F. The van der Waals surface area contributed by atoms with Gasteiger partial charge in [-0.2, -0.15) is 0 Å². The second-order valence-electron chi connectivity index (χ2n) is 2.38. The first-order chi connectivity index (χ1) is 6.44. The van der Waals surface area contributed by atoms with Gasteiger partial charge in [-0.3, -0.25) is 0 Å². The number of hydrogen-bond donors (Lipinski definition) is 1. The van der Waals surface area contributed by atoms with Crippen LogP contribution in [-0.4, -0.2) is 11.5 Å². The number of ether oxygens (including phenoxy) is 1. The molecule has 0 spiro atoms. The van der Waals surface area contributed by atoms with E-state index in [-0.39, 0.29) is 5.56 Å². The van der Waals surface area contributed by atoms with Crippen molar-refractivity contribution in [1.82, 2.24) is 0 Å². The number of phenolic OH excluding ortho intramolecular Hbond substituents is 1. The summed E-state index contributed by atoms with van der Waals surface area (Å²) in [6, 6.07) is 3.75. The van der Waals surface area contributed by atoms with Gasteiger partial charge in [-0.25, -0.2) is 0 Å².